The van der Waals surface area contributed by atoms with Crippen molar-refractivity contribution in [2.24, 2.45) is 4.99 Å². The molecule has 2 rings (SSSR count). The summed E-state index contributed by atoms with van der Waals surface area (Å²) in [6.07, 6.45) is 0.901. The monoisotopic (exact) mass is 358 g/mol. The van der Waals surface area contributed by atoms with Crippen LogP contribution in [0, 0.1) is 24.0 Å². The fourth-order valence-corrected chi connectivity index (χ4v) is 2.67. The number of guanidine groups is 1. The zero-order valence-electron chi connectivity index (χ0n) is 15.5. The van der Waals surface area contributed by atoms with Gasteiger partial charge in [0.25, 0.3) is 5.69 Å². The van der Waals surface area contributed by atoms with E-state index in [0.29, 0.717) is 11.5 Å². The number of aryl methyl sites for hydroxylation is 3. The van der Waals surface area contributed by atoms with Crippen LogP contribution < -0.4 is 10.6 Å². The fraction of sp³-hybridized carbons (Fsp3) is 0.444. The predicted octanol–water partition coefficient (Wildman–Crippen LogP) is 2.55. The quantitative estimate of drug-likeness (QED) is 0.248. The molecule has 0 aliphatic heterocycles. The maximum Gasteiger partial charge on any atom is 0.274 e. The number of aliphatic imine (C=N–C) groups is 1. The summed E-state index contributed by atoms with van der Waals surface area (Å²) < 4.78 is 1.99. The van der Waals surface area contributed by atoms with E-state index < -0.39 is 0 Å². The first-order valence-corrected chi connectivity index (χ1v) is 8.76. The molecule has 140 valence electrons. The third-order valence-corrected chi connectivity index (χ3v) is 3.88. The minimum atomic E-state index is -0.375. The number of para-hydroxylation sites is 1. The maximum atomic E-state index is 11.1. The topological polar surface area (TPSA) is 97.4 Å². The summed E-state index contributed by atoms with van der Waals surface area (Å²) in [5, 5.41) is 22.0. The van der Waals surface area contributed by atoms with Crippen LogP contribution in [0.5, 0.6) is 0 Å². The van der Waals surface area contributed by atoms with Crippen LogP contribution in [0.2, 0.25) is 0 Å². The molecular weight excluding hydrogens is 332 g/mol. The second kappa shape index (κ2) is 9.55. The standard InChI is InChI=1S/C18H26N6O2/c1-4-19-18(20-10-7-11-23-15(3)12-14(2)22-23)21-13-16-8-5-6-9-17(16)24(25)26/h5-6,8-9,12H,4,7,10-11,13H2,1-3H3,(H2,19,20,21). The number of hydrogen-bond acceptors (Lipinski definition) is 4. The van der Waals surface area contributed by atoms with E-state index in [2.05, 4.69) is 26.8 Å². The van der Waals surface area contributed by atoms with Gasteiger partial charge in [0.15, 0.2) is 5.96 Å². The number of nitro benzene ring substituents is 1. The van der Waals surface area contributed by atoms with Gasteiger partial charge in [0.1, 0.15) is 0 Å². The highest BCUT2D eigenvalue weighted by Gasteiger charge is 2.11. The molecule has 0 radical (unpaired) electrons. The zero-order valence-corrected chi connectivity index (χ0v) is 15.5. The van der Waals surface area contributed by atoms with Gasteiger partial charge in [-0.25, -0.2) is 4.99 Å². The zero-order chi connectivity index (χ0) is 18.9. The average Bonchev–Trinajstić information content (AvgIpc) is 2.94. The molecule has 8 heteroatoms. The lowest BCUT2D eigenvalue weighted by Crippen LogP contribution is -2.38. The Morgan fingerprint density at radius 2 is 2.08 bits per heavy atom. The Kier molecular flexibility index (Phi) is 7.13. The molecule has 2 aromatic rings. The van der Waals surface area contributed by atoms with E-state index in [-0.39, 0.29) is 17.2 Å². The molecule has 1 aromatic carbocycles. The van der Waals surface area contributed by atoms with Crippen molar-refractivity contribution in [2.45, 2.75) is 40.3 Å². The molecule has 8 nitrogen and oxygen atoms in total. The molecule has 0 saturated carbocycles. The van der Waals surface area contributed by atoms with Crippen molar-refractivity contribution in [1.82, 2.24) is 20.4 Å². The highest BCUT2D eigenvalue weighted by atomic mass is 16.6. The van der Waals surface area contributed by atoms with Crippen LogP contribution in [0.25, 0.3) is 0 Å². The first kappa shape index (κ1) is 19.4. The lowest BCUT2D eigenvalue weighted by molar-refractivity contribution is -0.385. The van der Waals surface area contributed by atoms with Crippen molar-refractivity contribution in [3.05, 3.63) is 57.4 Å². The Morgan fingerprint density at radius 3 is 2.73 bits per heavy atom. The molecule has 0 aliphatic carbocycles. The van der Waals surface area contributed by atoms with Gasteiger partial charge in [-0.2, -0.15) is 5.10 Å². The number of nitrogens with zero attached hydrogens (tertiary/aromatic N) is 4. The van der Waals surface area contributed by atoms with Crippen molar-refractivity contribution in [1.29, 1.82) is 0 Å². The average molecular weight is 358 g/mol. The van der Waals surface area contributed by atoms with Crippen LogP contribution in [-0.2, 0) is 13.1 Å². The summed E-state index contributed by atoms with van der Waals surface area (Å²) in [6, 6.07) is 8.74. The first-order valence-electron chi connectivity index (χ1n) is 8.76. The SMILES string of the molecule is CCNC(=NCc1ccccc1[N+](=O)[O-])NCCCn1nc(C)cc1C. The van der Waals surface area contributed by atoms with Crippen LogP contribution in [0.15, 0.2) is 35.3 Å². The molecule has 0 bridgehead atoms. The molecule has 1 aromatic heterocycles. The molecule has 0 fully saturated rings. The summed E-state index contributed by atoms with van der Waals surface area (Å²) in [5.74, 6) is 0.652. The Labute approximate surface area is 153 Å². The molecule has 1 heterocycles. The van der Waals surface area contributed by atoms with Crippen molar-refractivity contribution in [3.63, 3.8) is 0 Å². The first-order chi connectivity index (χ1) is 12.5. The number of benzene rings is 1. The van der Waals surface area contributed by atoms with Gasteiger partial charge in [-0.15, -0.1) is 0 Å². The second-order valence-electron chi connectivity index (χ2n) is 6.01. The van der Waals surface area contributed by atoms with E-state index >= 15 is 0 Å². The minimum Gasteiger partial charge on any atom is -0.357 e. The smallest absolute Gasteiger partial charge is 0.274 e. The molecule has 0 aliphatic rings. The Balaban J connectivity index is 1.90. The summed E-state index contributed by atoms with van der Waals surface area (Å²) in [5.41, 5.74) is 2.86. The molecule has 0 atom stereocenters. The number of hydrogen-bond donors (Lipinski definition) is 2. The van der Waals surface area contributed by atoms with Crippen molar-refractivity contribution < 1.29 is 4.92 Å². The third-order valence-electron chi connectivity index (χ3n) is 3.88. The predicted molar refractivity (Wildman–Crippen MR) is 102 cm³/mol. The van der Waals surface area contributed by atoms with Crippen LogP contribution >= 0.6 is 0 Å². The highest BCUT2D eigenvalue weighted by Crippen LogP contribution is 2.18. The number of rotatable bonds is 8. The number of aromatic nitrogens is 2. The highest BCUT2D eigenvalue weighted by molar-refractivity contribution is 5.79. The number of nitro groups is 1. The Hall–Kier alpha value is -2.90. The molecule has 0 amide bonds. The summed E-state index contributed by atoms with van der Waals surface area (Å²) in [4.78, 5) is 15.2. The molecule has 0 saturated heterocycles. The Morgan fingerprint density at radius 1 is 1.31 bits per heavy atom. The van der Waals surface area contributed by atoms with E-state index in [1.54, 1.807) is 18.2 Å². The Bertz CT molecular complexity index is 769. The molecular formula is C18H26N6O2. The van der Waals surface area contributed by atoms with E-state index in [0.717, 1.165) is 37.4 Å². The molecule has 2 N–H and O–H groups in total. The fourth-order valence-electron chi connectivity index (χ4n) is 2.67. The third kappa shape index (κ3) is 5.58. The molecule has 0 spiro atoms. The molecule has 0 unspecified atom stereocenters. The normalized spacial score (nSPS) is 11.4. The van der Waals surface area contributed by atoms with Crippen molar-refractivity contribution in [2.75, 3.05) is 13.1 Å². The van der Waals surface area contributed by atoms with E-state index in [4.69, 9.17) is 0 Å². The van der Waals surface area contributed by atoms with Crippen LogP contribution in [0.4, 0.5) is 5.69 Å². The van der Waals surface area contributed by atoms with Gasteiger partial charge in [0.05, 0.1) is 22.7 Å². The van der Waals surface area contributed by atoms with Gasteiger partial charge >= 0.3 is 0 Å². The van der Waals surface area contributed by atoms with Gasteiger partial charge in [-0.1, -0.05) is 18.2 Å². The van der Waals surface area contributed by atoms with Crippen LogP contribution in [-0.4, -0.2) is 33.8 Å². The summed E-state index contributed by atoms with van der Waals surface area (Å²) in [6.45, 7) is 8.56. The summed E-state index contributed by atoms with van der Waals surface area (Å²) >= 11 is 0. The van der Waals surface area contributed by atoms with Crippen LogP contribution in [0.3, 0.4) is 0 Å². The van der Waals surface area contributed by atoms with Gasteiger partial charge in [0, 0.05) is 31.4 Å². The largest absolute Gasteiger partial charge is 0.357 e. The molecule has 26 heavy (non-hydrogen) atoms. The number of nitrogens with one attached hydrogen (secondary N) is 2. The lowest BCUT2D eigenvalue weighted by Gasteiger charge is -2.11. The van der Waals surface area contributed by atoms with E-state index in [1.165, 1.54) is 6.07 Å². The minimum absolute atomic E-state index is 0.0941. The lowest BCUT2D eigenvalue weighted by atomic mass is 10.2. The van der Waals surface area contributed by atoms with E-state index in [9.17, 15) is 10.1 Å². The maximum absolute atomic E-state index is 11.1. The van der Waals surface area contributed by atoms with Crippen LogP contribution in [0.1, 0.15) is 30.3 Å². The van der Waals surface area contributed by atoms with Crippen molar-refractivity contribution >= 4 is 11.6 Å². The van der Waals surface area contributed by atoms with Gasteiger partial charge in [0.2, 0.25) is 0 Å². The van der Waals surface area contributed by atoms with E-state index in [1.807, 2.05) is 25.5 Å². The van der Waals surface area contributed by atoms with Gasteiger partial charge in [-0.05, 0) is 33.3 Å². The van der Waals surface area contributed by atoms with Crippen molar-refractivity contribution in [3.8, 4) is 0 Å². The summed E-state index contributed by atoms with van der Waals surface area (Å²) in [7, 11) is 0. The van der Waals surface area contributed by atoms with Gasteiger partial charge < -0.3 is 10.6 Å². The van der Waals surface area contributed by atoms with Gasteiger partial charge in [-0.3, -0.25) is 14.8 Å². The second-order valence-corrected chi connectivity index (χ2v) is 6.01.